The summed E-state index contributed by atoms with van der Waals surface area (Å²) in [5, 5.41) is 4.16. The zero-order valence-electron chi connectivity index (χ0n) is 9.49. The molecule has 0 aliphatic heterocycles. The van der Waals surface area contributed by atoms with E-state index >= 15 is 0 Å². The normalized spacial score (nSPS) is 13.1. The number of nitrogens with two attached hydrogens (primary N) is 1. The van der Waals surface area contributed by atoms with E-state index in [1.807, 2.05) is 27.0 Å². The van der Waals surface area contributed by atoms with E-state index in [4.69, 9.17) is 10.2 Å². The van der Waals surface area contributed by atoms with Crippen molar-refractivity contribution in [1.29, 1.82) is 0 Å². The highest BCUT2D eigenvalue weighted by Crippen LogP contribution is 2.29. The first-order valence-corrected chi connectivity index (χ1v) is 5.80. The summed E-state index contributed by atoms with van der Waals surface area (Å²) in [6, 6.07) is 1.75. The molecule has 86 valence electrons. The van der Waals surface area contributed by atoms with Crippen molar-refractivity contribution in [2.45, 2.75) is 19.9 Å². The number of halogens is 1. The molecule has 0 saturated carbocycles. The van der Waals surface area contributed by atoms with Gasteiger partial charge in [-0.1, -0.05) is 0 Å². The third-order valence-electron chi connectivity index (χ3n) is 2.65. The Balaban J connectivity index is 2.46. The number of aromatic nitrogens is 2. The van der Waals surface area contributed by atoms with Gasteiger partial charge in [-0.3, -0.25) is 4.68 Å². The molecule has 2 aromatic rings. The Labute approximate surface area is 103 Å². The average molecular weight is 284 g/mol. The predicted octanol–water partition coefficient (Wildman–Crippen LogP) is 2.44. The molecule has 0 spiro atoms. The Morgan fingerprint density at radius 2 is 2.19 bits per heavy atom. The molecule has 16 heavy (non-hydrogen) atoms. The second-order valence-electron chi connectivity index (χ2n) is 3.85. The van der Waals surface area contributed by atoms with Gasteiger partial charge in [0.25, 0.3) is 0 Å². The highest BCUT2D eigenvalue weighted by atomic mass is 79.9. The van der Waals surface area contributed by atoms with E-state index in [9.17, 15) is 0 Å². The maximum Gasteiger partial charge on any atom is 0.106 e. The molecule has 0 aliphatic carbocycles. The van der Waals surface area contributed by atoms with Crippen molar-refractivity contribution >= 4 is 15.9 Å². The molecule has 0 aliphatic rings. The average Bonchev–Trinajstić information content (AvgIpc) is 2.70. The van der Waals surface area contributed by atoms with Gasteiger partial charge in [0.1, 0.15) is 11.5 Å². The van der Waals surface area contributed by atoms with Crippen LogP contribution in [0.15, 0.2) is 21.2 Å². The molecule has 2 N–H and O–H groups in total. The van der Waals surface area contributed by atoms with Crippen LogP contribution in [0.1, 0.15) is 28.8 Å². The standard InChI is InChI=1S/C11H14BrN3O/c1-6-4-8(7(2)16-6)10(13)11-9(12)5-14-15(11)3/h4-5,10H,13H2,1-3H3. The van der Waals surface area contributed by atoms with E-state index in [1.165, 1.54) is 0 Å². The monoisotopic (exact) mass is 283 g/mol. The summed E-state index contributed by atoms with van der Waals surface area (Å²) in [6.45, 7) is 3.84. The predicted molar refractivity (Wildman–Crippen MR) is 65.1 cm³/mol. The Hall–Kier alpha value is -1.07. The maximum absolute atomic E-state index is 6.23. The molecule has 0 bridgehead atoms. The molecule has 2 rings (SSSR count). The minimum Gasteiger partial charge on any atom is -0.466 e. The minimum atomic E-state index is -0.223. The lowest BCUT2D eigenvalue weighted by Crippen LogP contribution is -2.16. The van der Waals surface area contributed by atoms with Crippen LogP contribution < -0.4 is 5.73 Å². The Bertz CT molecular complexity index is 496. The van der Waals surface area contributed by atoms with E-state index in [1.54, 1.807) is 10.9 Å². The summed E-state index contributed by atoms with van der Waals surface area (Å²) in [5.41, 5.74) is 8.18. The van der Waals surface area contributed by atoms with Crippen LogP contribution in [0.4, 0.5) is 0 Å². The largest absolute Gasteiger partial charge is 0.466 e. The lowest BCUT2D eigenvalue weighted by Gasteiger charge is -2.11. The van der Waals surface area contributed by atoms with Gasteiger partial charge in [0.15, 0.2) is 0 Å². The highest BCUT2D eigenvalue weighted by molar-refractivity contribution is 9.10. The summed E-state index contributed by atoms with van der Waals surface area (Å²) in [7, 11) is 1.88. The van der Waals surface area contributed by atoms with Crippen LogP contribution in [-0.4, -0.2) is 9.78 Å². The fourth-order valence-corrected chi connectivity index (χ4v) is 2.47. The van der Waals surface area contributed by atoms with E-state index < -0.39 is 0 Å². The molecular formula is C11H14BrN3O. The van der Waals surface area contributed by atoms with Gasteiger partial charge in [0, 0.05) is 12.6 Å². The van der Waals surface area contributed by atoms with Crippen molar-refractivity contribution in [2.75, 3.05) is 0 Å². The zero-order valence-corrected chi connectivity index (χ0v) is 11.1. The number of hydrogen-bond donors (Lipinski definition) is 1. The first-order valence-electron chi connectivity index (χ1n) is 5.00. The zero-order chi connectivity index (χ0) is 11.9. The van der Waals surface area contributed by atoms with Crippen LogP contribution in [0, 0.1) is 13.8 Å². The van der Waals surface area contributed by atoms with Crippen molar-refractivity contribution in [3.63, 3.8) is 0 Å². The van der Waals surface area contributed by atoms with Crippen LogP contribution in [0.2, 0.25) is 0 Å². The smallest absolute Gasteiger partial charge is 0.106 e. The summed E-state index contributed by atoms with van der Waals surface area (Å²) in [6.07, 6.45) is 1.75. The van der Waals surface area contributed by atoms with Crippen LogP contribution in [0.3, 0.4) is 0 Å². The van der Waals surface area contributed by atoms with Gasteiger partial charge in [-0.25, -0.2) is 0 Å². The molecule has 0 fully saturated rings. The van der Waals surface area contributed by atoms with Crippen molar-refractivity contribution in [2.24, 2.45) is 12.8 Å². The van der Waals surface area contributed by atoms with Crippen LogP contribution in [0.5, 0.6) is 0 Å². The summed E-state index contributed by atoms with van der Waals surface area (Å²) >= 11 is 3.45. The SMILES string of the molecule is Cc1cc(C(N)c2c(Br)cnn2C)c(C)o1. The molecule has 2 aromatic heterocycles. The molecule has 0 amide bonds. The number of nitrogens with zero attached hydrogens (tertiary/aromatic N) is 2. The van der Waals surface area contributed by atoms with Gasteiger partial charge >= 0.3 is 0 Å². The van der Waals surface area contributed by atoms with Crippen molar-refractivity contribution in [3.05, 3.63) is 39.5 Å². The number of rotatable bonds is 2. The van der Waals surface area contributed by atoms with E-state index in [0.717, 1.165) is 27.3 Å². The lowest BCUT2D eigenvalue weighted by molar-refractivity contribution is 0.498. The summed E-state index contributed by atoms with van der Waals surface area (Å²) in [4.78, 5) is 0. The first kappa shape index (κ1) is 11.4. The van der Waals surface area contributed by atoms with Crippen LogP contribution in [-0.2, 0) is 7.05 Å². The van der Waals surface area contributed by atoms with Gasteiger partial charge in [0.2, 0.25) is 0 Å². The van der Waals surface area contributed by atoms with Crippen LogP contribution >= 0.6 is 15.9 Å². The third-order valence-corrected chi connectivity index (χ3v) is 3.26. The topological polar surface area (TPSA) is 57.0 Å². The molecule has 4 nitrogen and oxygen atoms in total. The lowest BCUT2D eigenvalue weighted by atomic mass is 10.1. The number of furan rings is 1. The molecular weight excluding hydrogens is 270 g/mol. The van der Waals surface area contributed by atoms with E-state index in [2.05, 4.69) is 21.0 Å². The molecule has 2 heterocycles. The second kappa shape index (κ2) is 4.07. The summed E-state index contributed by atoms with van der Waals surface area (Å²) in [5.74, 6) is 1.74. The fraction of sp³-hybridized carbons (Fsp3) is 0.364. The quantitative estimate of drug-likeness (QED) is 0.921. The molecule has 0 aromatic carbocycles. The number of aryl methyl sites for hydroxylation is 3. The molecule has 0 saturated heterocycles. The van der Waals surface area contributed by atoms with Gasteiger partial charge in [0.05, 0.1) is 22.4 Å². The minimum absolute atomic E-state index is 0.223. The third kappa shape index (κ3) is 1.81. The van der Waals surface area contributed by atoms with Gasteiger partial charge in [-0.05, 0) is 35.8 Å². The highest BCUT2D eigenvalue weighted by Gasteiger charge is 2.20. The van der Waals surface area contributed by atoms with Gasteiger partial charge in [-0.2, -0.15) is 5.10 Å². The Morgan fingerprint density at radius 1 is 1.50 bits per heavy atom. The second-order valence-corrected chi connectivity index (χ2v) is 4.70. The summed E-state index contributed by atoms with van der Waals surface area (Å²) < 4.78 is 8.18. The Kier molecular flexibility index (Phi) is 2.90. The molecule has 0 radical (unpaired) electrons. The van der Waals surface area contributed by atoms with E-state index in [0.29, 0.717) is 0 Å². The Morgan fingerprint density at radius 3 is 2.62 bits per heavy atom. The molecule has 1 unspecified atom stereocenters. The first-order chi connectivity index (χ1) is 7.50. The number of hydrogen-bond acceptors (Lipinski definition) is 3. The van der Waals surface area contributed by atoms with Gasteiger partial charge in [-0.15, -0.1) is 0 Å². The molecule has 5 heteroatoms. The maximum atomic E-state index is 6.23. The van der Waals surface area contributed by atoms with Crippen molar-refractivity contribution < 1.29 is 4.42 Å². The van der Waals surface area contributed by atoms with Crippen molar-refractivity contribution in [3.8, 4) is 0 Å². The fourth-order valence-electron chi connectivity index (χ4n) is 1.88. The van der Waals surface area contributed by atoms with E-state index in [-0.39, 0.29) is 6.04 Å². The van der Waals surface area contributed by atoms with Crippen molar-refractivity contribution in [1.82, 2.24) is 9.78 Å². The van der Waals surface area contributed by atoms with Crippen LogP contribution in [0.25, 0.3) is 0 Å². The molecule has 1 atom stereocenters. The van der Waals surface area contributed by atoms with Gasteiger partial charge < -0.3 is 10.2 Å².